The van der Waals surface area contributed by atoms with Crippen molar-refractivity contribution in [2.45, 2.75) is 45.4 Å². The summed E-state index contributed by atoms with van der Waals surface area (Å²) in [5, 5.41) is 6.81. The number of nitrogens with zero attached hydrogens (tertiary/aromatic N) is 2. The quantitative estimate of drug-likeness (QED) is 0.878. The molecule has 0 aliphatic carbocycles. The van der Waals surface area contributed by atoms with Crippen LogP contribution in [0.25, 0.3) is 0 Å². The number of aryl methyl sites for hydroxylation is 1. The van der Waals surface area contributed by atoms with Gasteiger partial charge in [0.1, 0.15) is 6.10 Å². The van der Waals surface area contributed by atoms with E-state index in [0.29, 0.717) is 26.2 Å². The number of ether oxygens (including phenoxy) is 1. The fourth-order valence-corrected chi connectivity index (χ4v) is 4.40. The van der Waals surface area contributed by atoms with Crippen LogP contribution >= 0.6 is 11.3 Å². The van der Waals surface area contributed by atoms with Gasteiger partial charge in [0.05, 0.1) is 5.56 Å². The fraction of sp³-hybridized carbons (Fsp3) is 0.450. The van der Waals surface area contributed by atoms with E-state index in [2.05, 4.69) is 10.3 Å². The molecule has 2 amide bonds. The average molecular weight is 385 g/mol. The third-order valence-corrected chi connectivity index (χ3v) is 6.00. The fourth-order valence-electron chi connectivity index (χ4n) is 3.77. The van der Waals surface area contributed by atoms with Crippen molar-refractivity contribution in [3.63, 3.8) is 0 Å². The molecule has 2 aromatic heterocycles. The lowest BCUT2D eigenvalue weighted by Crippen LogP contribution is -2.37. The average Bonchev–Trinajstić information content (AvgIpc) is 3.39. The third-order valence-electron chi connectivity index (χ3n) is 5.31. The molecule has 1 N–H and O–H groups in total. The Morgan fingerprint density at radius 2 is 2.33 bits per heavy atom. The summed E-state index contributed by atoms with van der Waals surface area (Å²) in [6, 6.07) is 1.86. The van der Waals surface area contributed by atoms with E-state index in [0.717, 1.165) is 41.6 Å². The summed E-state index contributed by atoms with van der Waals surface area (Å²) in [6.07, 6.45) is 4.04. The molecule has 27 heavy (non-hydrogen) atoms. The molecular formula is C20H23N3O3S. The summed E-state index contributed by atoms with van der Waals surface area (Å²) in [6.45, 7) is 4.32. The third kappa shape index (κ3) is 3.75. The maximum atomic E-state index is 12.6. The highest BCUT2D eigenvalue weighted by Crippen LogP contribution is 2.25. The summed E-state index contributed by atoms with van der Waals surface area (Å²) in [7, 11) is 0. The van der Waals surface area contributed by atoms with Crippen LogP contribution in [0.4, 0.5) is 0 Å². The highest BCUT2D eigenvalue weighted by atomic mass is 32.1. The molecule has 6 nitrogen and oxygen atoms in total. The van der Waals surface area contributed by atoms with Crippen LogP contribution < -0.4 is 5.32 Å². The van der Waals surface area contributed by atoms with Crippen LogP contribution in [-0.2, 0) is 29.0 Å². The van der Waals surface area contributed by atoms with Crippen molar-refractivity contribution in [2.75, 3.05) is 13.2 Å². The van der Waals surface area contributed by atoms with Gasteiger partial charge in [0.2, 0.25) is 5.91 Å². The molecule has 4 heterocycles. The van der Waals surface area contributed by atoms with E-state index in [4.69, 9.17) is 4.74 Å². The zero-order chi connectivity index (χ0) is 18.8. The van der Waals surface area contributed by atoms with Crippen molar-refractivity contribution < 1.29 is 14.3 Å². The van der Waals surface area contributed by atoms with E-state index in [1.54, 1.807) is 0 Å². The van der Waals surface area contributed by atoms with Gasteiger partial charge in [-0.25, -0.2) is 0 Å². The van der Waals surface area contributed by atoms with Gasteiger partial charge in [-0.15, -0.1) is 0 Å². The predicted octanol–water partition coefficient (Wildman–Crippen LogP) is 2.45. The minimum Gasteiger partial charge on any atom is -0.368 e. The molecular weight excluding hydrogens is 362 g/mol. The second-order valence-electron chi connectivity index (χ2n) is 7.03. The van der Waals surface area contributed by atoms with E-state index >= 15 is 0 Å². The van der Waals surface area contributed by atoms with Crippen LogP contribution in [0.2, 0.25) is 0 Å². The Bertz CT molecular complexity index is 844. The van der Waals surface area contributed by atoms with Gasteiger partial charge in [0.15, 0.2) is 0 Å². The number of amides is 2. The number of thiophene rings is 1. The van der Waals surface area contributed by atoms with Crippen LogP contribution in [0.1, 0.15) is 45.6 Å². The summed E-state index contributed by atoms with van der Waals surface area (Å²) < 4.78 is 5.45. The molecule has 0 spiro atoms. The zero-order valence-electron chi connectivity index (χ0n) is 15.4. The molecule has 7 heteroatoms. The van der Waals surface area contributed by atoms with Crippen molar-refractivity contribution in [1.82, 2.24) is 15.2 Å². The summed E-state index contributed by atoms with van der Waals surface area (Å²) in [5.74, 6) is 0.0188. The summed E-state index contributed by atoms with van der Waals surface area (Å²) in [5.41, 5.74) is 5.02. The van der Waals surface area contributed by atoms with E-state index < -0.39 is 0 Å². The molecule has 1 saturated heterocycles. The lowest BCUT2D eigenvalue weighted by molar-refractivity contribution is -0.130. The number of aromatic nitrogens is 1. The molecule has 0 unspecified atom stereocenters. The first kappa shape index (κ1) is 18.1. The molecule has 0 radical (unpaired) electrons. The maximum Gasteiger partial charge on any atom is 0.255 e. The van der Waals surface area contributed by atoms with Crippen molar-refractivity contribution in [3.8, 4) is 0 Å². The van der Waals surface area contributed by atoms with Gasteiger partial charge in [0, 0.05) is 43.5 Å². The van der Waals surface area contributed by atoms with Gasteiger partial charge < -0.3 is 15.0 Å². The number of nitrogens with one attached hydrogen (secondary N) is 1. The minimum absolute atomic E-state index is 0.0467. The topological polar surface area (TPSA) is 71.5 Å². The molecule has 0 bridgehead atoms. The molecule has 142 valence electrons. The molecule has 2 aliphatic rings. The maximum absolute atomic E-state index is 12.6. The van der Waals surface area contributed by atoms with Gasteiger partial charge in [-0.05, 0) is 54.3 Å². The Morgan fingerprint density at radius 1 is 1.44 bits per heavy atom. The molecule has 0 aromatic carbocycles. The van der Waals surface area contributed by atoms with Crippen molar-refractivity contribution in [3.05, 3.63) is 51.0 Å². The molecule has 2 aromatic rings. The predicted molar refractivity (Wildman–Crippen MR) is 103 cm³/mol. The largest absolute Gasteiger partial charge is 0.368 e. The highest BCUT2D eigenvalue weighted by molar-refractivity contribution is 7.08. The minimum atomic E-state index is -0.323. The van der Waals surface area contributed by atoms with E-state index in [1.165, 1.54) is 16.9 Å². The van der Waals surface area contributed by atoms with Crippen molar-refractivity contribution >= 4 is 23.2 Å². The van der Waals surface area contributed by atoms with E-state index in [-0.39, 0.29) is 17.9 Å². The zero-order valence-corrected chi connectivity index (χ0v) is 16.2. The monoisotopic (exact) mass is 385 g/mol. The Balaban J connectivity index is 1.48. The lowest BCUT2D eigenvalue weighted by atomic mass is 9.94. The summed E-state index contributed by atoms with van der Waals surface area (Å²) in [4.78, 5) is 31.3. The van der Waals surface area contributed by atoms with Crippen LogP contribution in [0, 0.1) is 6.92 Å². The molecule has 0 saturated carbocycles. The second-order valence-corrected chi connectivity index (χ2v) is 7.81. The van der Waals surface area contributed by atoms with E-state index in [9.17, 15) is 9.59 Å². The van der Waals surface area contributed by atoms with Crippen molar-refractivity contribution in [2.24, 2.45) is 0 Å². The first-order chi connectivity index (χ1) is 13.1. The number of hydrogen-bond donors (Lipinski definition) is 1. The Kier molecular flexibility index (Phi) is 5.22. The Labute approximate surface area is 162 Å². The van der Waals surface area contributed by atoms with Crippen molar-refractivity contribution in [1.29, 1.82) is 0 Å². The standard InChI is InChI=1S/C20H23N3O3S/c1-13-17(10-22-19(24)18-3-2-7-26-18)16-4-6-23(11-15(16)9-21-13)20(25)14-5-8-27-12-14/h5,8-9,12,18H,2-4,6-7,10-11H2,1H3,(H,22,24)/t18-/m0/s1. The molecule has 1 atom stereocenters. The molecule has 2 aliphatic heterocycles. The van der Waals surface area contributed by atoms with Gasteiger partial charge >= 0.3 is 0 Å². The smallest absolute Gasteiger partial charge is 0.255 e. The first-order valence-electron chi connectivity index (χ1n) is 9.30. The number of pyridine rings is 1. The van der Waals surface area contributed by atoms with Crippen LogP contribution in [0.3, 0.4) is 0 Å². The normalized spacial score (nSPS) is 19.0. The summed E-state index contributed by atoms with van der Waals surface area (Å²) >= 11 is 1.53. The second kappa shape index (κ2) is 7.78. The molecule has 4 rings (SSSR count). The Hall–Kier alpha value is -2.25. The Morgan fingerprint density at radius 3 is 3.07 bits per heavy atom. The van der Waals surface area contributed by atoms with Crippen LogP contribution in [0.5, 0.6) is 0 Å². The number of carbonyl (C=O) groups excluding carboxylic acids is 2. The SMILES string of the molecule is Cc1ncc2c(c1CNC(=O)[C@@H]1CCCO1)CCN(C(=O)c1ccsc1)C2. The van der Waals surface area contributed by atoms with E-state index in [1.807, 2.05) is 34.8 Å². The first-order valence-corrected chi connectivity index (χ1v) is 10.2. The van der Waals surface area contributed by atoms with Gasteiger partial charge in [0.25, 0.3) is 5.91 Å². The number of carbonyl (C=O) groups is 2. The van der Waals surface area contributed by atoms with Gasteiger partial charge in [-0.1, -0.05) is 0 Å². The number of fused-ring (bicyclic) bond motifs is 1. The number of rotatable bonds is 4. The van der Waals surface area contributed by atoms with Gasteiger partial charge in [-0.2, -0.15) is 11.3 Å². The lowest BCUT2D eigenvalue weighted by Gasteiger charge is -2.30. The van der Waals surface area contributed by atoms with Crippen LogP contribution in [0.15, 0.2) is 23.0 Å². The van der Waals surface area contributed by atoms with Crippen LogP contribution in [-0.4, -0.2) is 41.0 Å². The number of hydrogen-bond acceptors (Lipinski definition) is 5. The molecule has 1 fully saturated rings. The van der Waals surface area contributed by atoms with Gasteiger partial charge in [-0.3, -0.25) is 14.6 Å². The highest BCUT2D eigenvalue weighted by Gasteiger charge is 2.26.